The summed E-state index contributed by atoms with van der Waals surface area (Å²) < 4.78 is 18.6. The van der Waals surface area contributed by atoms with E-state index in [1.165, 1.54) is 29.9 Å². The molecule has 4 aromatic carbocycles. The molecule has 0 fully saturated rings. The molecule has 1 aliphatic rings. The first kappa shape index (κ1) is 31.2. The average Bonchev–Trinajstić information content (AvgIpc) is 3.41. The number of nitro groups is 1. The number of fused-ring (bicyclic) bond motifs is 1. The first-order valence-corrected chi connectivity index (χ1v) is 15.6. The Balaban J connectivity index is 1.54. The second-order valence-electron chi connectivity index (χ2n) is 10.4. The SMILES string of the molecule is CCOC(=O)C1=C(c2ccccc2)N=c2s/c(=C\c3cc(OC)c(OCc4ccccc4)cc3[N+](=O)[O-])c(=O)n2[C@H]1c1ccccc1. The van der Waals surface area contributed by atoms with Gasteiger partial charge < -0.3 is 14.2 Å². The fraction of sp³-hybridized carbons (Fsp3) is 0.139. The molecule has 236 valence electrons. The minimum atomic E-state index is -0.859. The lowest BCUT2D eigenvalue weighted by atomic mass is 9.93. The van der Waals surface area contributed by atoms with E-state index in [0.29, 0.717) is 21.6 Å². The van der Waals surface area contributed by atoms with Crippen LogP contribution in [0.15, 0.2) is 118 Å². The minimum absolute atomic E-state index is 0.132. The molecule has 0 bridgehead atoms. The summed E-state index contributed by atoms with van der Waals surface area (Å²) in [5.74, 6) is -0.134. The van der Waals surface area contributed by atoms with Gasteiger partial charge in [0.15, 0.2) is 16.3 Å². The van der Waals surface area contributed by atoms with E-state index in [1.807, 2.05) is 91.0 Å². The fourth-order valence-corrected chi connectivity index (χ4v) is 6.37. The maximum atomic E-state index is 14.2. The highest BCUT2D eigenvalue weighted by Crippen LogP contribution is 2.37. The van der Waals surface area contributed by atoms with Gasteiger partial charge in [-0.25, -0.2) is 9.79 Å². The van der Waals surface area contributed by atoms with Gasteiger partial charge in [0.1, 0.15) is 6.61 Å². The van der Waals surface area contributed by atoms with E-state index in [2.05, 4.69) is 0 Å². The molecular weight excluding hydrogens is 618 g/mol. The number of carbonyl (C=O) groups is 1. The number of rotatable bonds is 10. The van der Waals surface area contributed by atoms with E-state index in [4.69, 9.17) is 19.2 Å². The van der Waals surface area contributed by atoms with Crippen LogP contribution in [0, 0.1) is 10.1 Å². The van der Waals surface area contributed by atoms with Gasteiger partial charge in [-0.3, -0.25) is 19.5 Å². The third-order valence-electron chi connectivity index (χ3n) is 7.52. The van der Waals surface area contributed by atoms with Crippen LogP contribution in [0.4, 0.5) is 5.69 Å². The van der Waals surface area contributed by atoms with E-state index < -0.39 is 22.5 Å². The second kappa shape index (κ2) is 13.7. The van der Waals surface area contributed by atoms with E-state index in [9.17, 15) is 19.7 Å². The fourth-order valence-electron chi connectivity index (χ4n) is 5.38. The number of hydrogen-bond donors (Lipinski definition) is 0. The molecule has 0 N–H and O–H groups in total. The summed E-state index contributed by atoms with van der Waals surface area (Å²) in [5.41, 5.74) is 2.26. The van der Waals surface area contributed by atoms with Crippen LogP contribution in [0.25, 0.3) is 11.8 Å². The molecule has 1 aromatic heterocycles. The quantitative estimate of drug-likeness (QED) is 0.113. The Labute approximate surface area is 273 Å². The number of nitro benzene ring substituents is 1. The topological polar surface area (TPSA) is 122 Å². The standard InChI is InChI=1S/C36H29N3O7S/c1-3-45-35(41)31-32(24-15-9-5-10-16-24)37-36-38(33(31)25-17-11-6-12-18-25)34(40)30(47-36)20-26-19-28(44-2)29(21-27(26)39(42)43)46-22-23-13-7-4-8-14-23/h4-21,33H,3,22H2,1-2H3/b30-20-/t33-/m0/s1. The number of ether oxygens (including phenoxy) is 3. The summed E-state index contributed by atoms with van der Waals surface area (Å²) in [4.78, 5) is 44.7. The Bertz CT molecular complexity index is 2160. The lowest BCUT2D eigenvalue weighted by molar-refractivity contribution is -0.385. The average molecular weight is 648 g/mol. The van der Waals surface area contributed by atoms with Gasteiger partial charge in [0.2, 0.25) is 0 Å². The van der Waals surface area contributed by atoms with Gasteiger partial charge in [-0.05, 0) is 30.2 Å². The molecule has 0 aliphatic carbocycles. The predicted molar refractivity (Wildman–Crippen MR) is 178 cm³/mol. The third kappa shape index (κ3) is 6.34. The van der Waals surface area contributed by atoms with Crippen molar-refractivity contribution in [1.29, 1.82) is 0 Å². The Hall–Kier alpha value is -5.81. The smallest absolute Gasteiger partial charge is 0.338 e. The summed E-state index contributed by atoms with van der Waals surface area (Å²) in [6.07, 6.45) is 1.45. The highest BCUT2D eigenvalue weighted by Gasteiger charge is 2.35. The number of thiazole rings is 1. The van der Waals surface area contributed by atoms with E-state index in [0.717, 1.165) is 16.9 Å². The zero-order chi connectivity index (χ0) is 32.9. The number of carbonyl (C=O) groups excluding carboxylic acids is 1. The first-order valence-electron chi connectivity index (χ1n) is 14.8. The van der Waals surface area contributed by atoms with Crippen molar-refractivity contribution in [2.45, 2.75) is 19.6 Å². The Morgan fingerprint density at radius 2 is 1.64 bits per heavy atom. The molecular formula is C36H29N3O7S. The second-order valence-corrected chi connectivity index (χ2v) is 11.4. The molecule has 47 heavy (non-hydrogen) atoms. The molecule has 0 amide bonds. The molecule has 0 spiro atoms. The molecule has 0 saturated carbocycles. The molecule has 0 radical (unpaired) electrons. The molecule has 6 rings (SSSR count). The van der Waals surface area contributed by atoms with Crippen molar-refractivity contribution >= 4 is 34.8 Å². The van der Waals surface area contributed by atoms with Crippen LogP contribution >= 0.6 is 11.3 Å². The van der Waals surface area contributed by atoms with Gasteiger partial charge in [0, 0.05) is 5.56 Å². The number of aromatic nitrogens is 1. The summed E-state index contributed by atoms with van der Waals surface area (Å²) in [5, 5.41) is 12.3. The lowest BCUT2D eigenvalue weighted by Gasteiger charge is -2.25. The molecule has 1 atom stereocenters. The minimum Gasteiger partial charge on any atom is -0.493 e. The summed E-state index contributed by atoms with van der Waals surface area (Å²) in [6.45, 7) is 2.03. The van der Waals surface area contributed by atoms with E-state index >= 15 is 0 Å². The zero-order valence-corrected chi connectivity index (χ0v) is 26.3. The van der Waals surface area contributed by atoms with Crippen LogP contribution in [0.5, 0.6) is 11.5 Å². The Morgan fingerprint density at radius 1 is 0.979 bits per heavy atom. The van der Waals surface area contributed by atoms with Crippen molar-refractivity contribution in [1.82, 2.24) is 4.57 Å². The van der Waals surface area contributed by atoms with Crippen LogP contribution in [0.1, 0.15) is 35.2 Å². The van der Waals surface area contributed by atoms with Crippen molar-refractivity contribution in [3.05, 3.63) is 161 Å². The van der Waals surface area contributed by atoms with Crippen LogP contribution in [0.3, 0.4) is 0 Å². The molecule has 1 aliphatic heterocycles. The van der Waals surface area contributed by atoms with Crippen LogP contribution in [-0.2, 0) is 16.1 Å². The molecule has 5 aromatic rings. The molecule has 0 unspecified atom stereocenters. The normalized spacial score (nSPS) is 14.3. The maximum Gasteiger partial charge on any atom is 0.338 e. The highest BCUT2D eigenvalue weighted by atomic mass is 32.1. The molecule has 2 heterocycles. The van der Waals surface area contributed by atoms with Crippen molar-refractivity contribution in [3.63, 3.8) is 0 Å². The van der Waals surface area contributed by atoms with Crippen molar-refractivity contribution < 1.29 is 23.9 Å². The van der Waals surface area contributed by atoms with Crippen molar-refractivity contribution in [3.8, 4) is 11.5 Å². The number of methoxy groups -OCH3 is 1. The van der Waals surface area contributed by atoms with Gasteiger partial charge in [-0.15, -0.1) is 0 Å². The molecule has 0 saturated heterocycles. The van der Waals surface area contributed by atoms with Gasteiger partial charge in [0.05, 0.1) is 52.1 Å². The van der Waals surface area contributed by atoms with E-state index in [1.54, 1.807) is 6.92 Å². The molecule has 11 heteroatoms. The van der Waals surface area contributed by atoms with Crippen molar-refractivity contribution in [2.24, 2.45) is 4.99 Å². The summed E-state index contributed by atoms with van der Waals surface area (Å²) >= 11 is 1.07. The first-order chi connectivity index (χ1) is 22.9. The molecule has 10 nitrogen and oxygen atoms in total. The number of esters is 1. The predicted octanol–water partition coefficient (Wildman–Crippen LogP) is 5.43. The lowest BCUT2D eigenvalue weighted by Crippen LogP contribution is -2.40. The maximum absolute atomic E-state index is 14.2. The largest absolute Gasteiger partial charge is 0.493 e. The van der Waals surface area contributed by atoms with Crippen LogP contribution in [-0.4, -0.2) is 29.2 Å². The zero-order valence-electron chi connectivity index (χ0n) is 25.5. The van der Waals surface area contributed by atoms with Gasteiger partial charge in [-0.1, -0.05) is 102 Å². The third-order valence-corrected chi connectivity index (χ3v) is 8.51. The summed E-state index contributed by atoms with van der Waals surface area (Å²) in [7, 11) is 1.44. The Morgan fingerprint density at radius 3 is 2.28 bits per heavy atom. The van der Waals surface area contributed by atoms with Crippen molar-refractivity contribution in [2.75, 3.05) is 13.7 Å². The van der Waals surface area contributed by atoms with Gasteiger partial charge >= 0.3 is 5.97 Å². The van der Waals surface area contributed by atoms with Gasteiger partial charge in [0.25, 0.3) is 11.2 Å². The highest BCUT2D eigenvalue weighted by molar-refractivity contribution is 7.07. The van der Waals surface area contributed by atoms with Crippen LogP contribution in [0.2, 0.25) is 0 Å². The monoisotopic (exact) mass is 647 g/mol. The number of benzene rings is 4. The summed E-state index contributed by atoms with van der Waals surface area (Å²) in [6, 6.07) is 29.7. The number of nitrogens with zero attached hydrogens (tertiary/aromatic N) is 3. The number of hydrogen-bond acceptors (Lipinski definition) is 9. The van der Waals surface area contributed by atoms with Crippen LogP contribution < -0.4 is 24.4 Å². The Kier molecular flexibility index (Phi) is 9.07. The van der Waals surface area contributed by atoms with Gasteiger partial charge in [-0.2, -0.15) is 0 Å². The van der Waals surface area contributed by atoms with E-state index in [-0.39, 0.29) is 46.1 Å².